The van der Waals surface area contributed by atoms with Crippen molar-refractivity contribution in [2.45, 2.75) is 6.18 Å². The van der Waals surface area contributed by atoms with Crippen LogP contribution in [0.3, 0.4) is 0 Å². The van der Waals surface area contributed by atoms with Crippen LogP contribution in [-0.4, -0.2) is 49.6 Å². The number of alkyl halides is 3. The van der Waals surface area contributed by atoms with E-state index in [2.05, 4.69) is 16.9 Å². The molecule has 9 heteroatoms. The second-order valence-electron chi connectivity index (χ2n) is 3.24. The molecule has 3 N–H and O–H groups in total. The highest BCUT2D eigenvalue weighted by atomic mass is 127. The molecule has 0 aromatic heterocycles. The van der Waals surface area contributed by atoms with E-state index in [1.807, 2.05) is 0 Å². The lowest BCUT2D eigenvalue weighted by Gasteiger charge is -2.17. The molecule has 1 amide bonds. The lowest BCUT2D eigenvalue weighted by molar-refractivity contribution is -0.157. The number of guanidine groups is 1. The van der Waals surface area contributed by atoms with Crippen LogP contribution >= 0.6 is 24.0 Å². The predicted octanol–water partition coefficient (Wildman–Crippen LogP) is 0.715. The van der Waals surface area contributed by atoms with E-state index < -0.39 is 25.2 Å². The maximum Gasteiger partial charge on any atom is 0.406 e. The number of likely N-dealkylation sites (N-methyl/N-ethyl adjacent to an activating group) is 1. The molecule has 0 bridgehead atoms. The first-order chi connectivity index (χ1) is 7.76. The van der Waals surface area contributed by atoms with Gasteiger partial charge in [0.1, 0.15) is 13.1 Å². The molecule has 0 fully saturated rings. The molecule has 0 radical (unpaired) electrons. The Labute approximate surface area is 120 Å². The number of nitrogens with one attached hydrogen (secondary N) is 1. The zero-order valence-corrected chi connectivity index (χ0v) is 12.2. The van der Waals surface area contributed by atoms with Gasteiger partial charge in [-0.05, 0) is 0 Å². The first kappa shape index (κ1) is 19.3. The second-order valence-corrected chi connectivity index (χ2v) is 3.24. The van der Waals surface area contributed by atoms with E-state index in [-0.39, 0.29) is 29.9 Å². The van der Waals surface area contributed by atoms with Gasteiger partial charge >= 0.3 is 6.18 Å². The minimum absolute atomic E-state index is 0. The number of carbonyl (C=O) groups is 1. The lowest BCUT2D eigenvalue weighted by atomic mass is 10.5. The number of aliphatic imine (C=N–C) groups is 1. The predicted molar refractivity (Wildman–Crippen MR) is 73.8 cm³/mol. The highest BCUT2D eigenvalue weighted by molar-refractivity contribution is 14.0. The second kappa shape index (κ2) is 9.00. The molecule has 0 spiro atoms. The summed E-state index contributed by atoms with van der Waals surface area (Å²) in [5.41, 5.74) is 5.33. The molecule has 0 aliphatic carbocycles. The lowest BCUT2D eigenvalue weighted by Crippen LogP contribution is -2.38. The summed E-state index contributed by atoms with van der Waals surface area (Å²) in [7, 11) is 1.05. The molecule has 0 saturated carbocycles. The van der Waals surface area contributed by atoms with E-state index in [0.29, 0.717) is 11.4 Å². The zero-order chi connectivity index (χ0) is 13.5. The molecule has 0 rings (SSSR count). The molecule has 0 aliphatic heterocycles. The van der Waals surface area contributed by atoms with Crippen LogP contribution in [0.25, 0.3) is 0 Å². The molecule has 0 aliphatic rings. The largest absolute Gasteiger partial charge is 0.406 e. The summed E-state index contributed by atoms with van der Waals surface area (Å²) >= 11 is 0. The Morgan fingerprint density at radius 2 is 2.11 bits per heavy atom. The summed E-state index contributed by atoms with van der Waals surface area (Å²) in [6.45, 7) is 2.05. The Bertz CT molecular complexity index is 307. The van der Waals surface area contributed by atoms with Crippen molar-refractivity contribution >= 4 is 35.8 Å². The molecule has 0 unspecified atom stereocenters. The van der Waals surface area contributed by atoms with E-state index in [1.54, 1.807) is 0 Å². The van der Waals surface area contributed by atoms with Crippen molar-refractivity contribution in [3.8, 4) is 0 Å². The normalized spacial score (nSPS) is 11.4. The Kier molecular flexibility index (Phi) is 9.67. The highest BCUT2D eigenvalue weighted by Gasteiger charge is 2.30. The molecule has 0 saturated heterocycles. The number of hydrogen-bond donors (Lipinski definition) is 2. The fourth-order valence-electron chi connectivity index (χ4n) is 0.863. The average molecular weight is 380 g/mol. The number of nitrogens with zero attached hydrogens (tertiary/aromatic N) is 2. The van der Waals surface area contributed by atoms with Crippen LogP contribution in [-0.2, 0) is 4.79 Å². The van der Waals surface area contributed by atoms with Crippen molar-refractivity contribution in [1.29, 1.82) is 0 Å². The number of carbonyl (C=O) groups excluding carboxylic acids is 1. The Hall–Kier alpha value is -1.00. The Balaban J connectivity index is 0. The summed E-state index contributed by atoms with van der Waals surface area (Å²) in [5, 5.41) is 2.59. The van der Waals surface area contributed by atoms with Crippen molar-refractivity contribution in [3.63, 3.8) is 0 Å². The van der Waals surface area contributed by atoms with Gasteiger partial charge < -0.3 is 16.0 Å². The van der Waals surface area contributed by atoms with Crippen LogP contribution < -0.4 is 11.1 Å². The maximum atomic E-state index is 12.0. The number of nitrogens with two attached hydrogens (primary N) is 1. The molecule has 0 heterocycles. The topological polar surface area (TPSA) is 70.7 Å². The van der Waals surface area contributed by atoms with Crippen molar-refractivity contribution in [2.24, 2.45) is 10.7 Å². The SMILES string of the molecule is C=CCNC(N)=NCC(=O)N(C)CC(F)(F)F.I. The van der Waals surface area contributed by atoms with Crippen molar-refractivity contribution < 1.29 is 18.0 Å². The Morgan fingerprint density at radius 1 is 1.56 bits per heavy atom. The fourth-order valence-corrected chi connectivity index (χ4v) is 0.863. The van der Waals surface area contributed by atoms with Gasteiger partial charge in [0.25, 0.3) is 0 Å². The zero-order valence-electron chi connectivity index (χ0n) is 9.83. The standard InChI is InChI=1S/C9H15F3N4O.HI/c1-3-4-14-8(13)15-5-7(17)16(2)6-9(10,11)12;/h3H,1,4-6H2,2H3,(H3,13,14,15);1H. The minimum atomic E-state index is -4.42. The Morgan fingerprint density at radius 3 is 2.56 bits per heavy atom. The molecular formula is C9H16F3IN4O. The van der Waals surface area contributed by atoms with Crippen molar-refractivity contribution in [1.82, 2.24) is 10.2 Å². The number of halogens is 4. The van der Waals surface area contributed by atoms with Gasteiger partial charge in [-0.2, -0.15) is 13.2 Å². The van der Waals surface area contributed by atoms with Gasteiger partial charge in [0.15, 0.2) is 5.96 Å². The van der Waals surface area contributed by atoms with Gasteiger partial charge in [-0.15, -0.1) is 30.6 Å². The van der Waals surface area contributed by atoms with Crippen LogP contribution in [0.4, 0.5) is 13.2 Å². The molecule has 5 nitrogen and oxygen atoms in total. The molecule has 0 aromatic carbocycles. The maximum absolute atomic E-state index is 12.0. The first-order valence-corrected chi connectivity index (χ1v) is 4.71. The third kappa shape index (κ3) is 10.2. The van der Waals surface area contributed by atoms with Crippen LogP contribution in [0.1, 0.15) is 0 Å². The van der Waals surface area contributed by atoms with Crippen LogP contribution in [0.2, 0.25) is 0 Å². The minimum Gasteiger partial charge on any atom is -0.370 e. The summed E-state index contributed by atoms with van der Waals surface area (Å²) < 4.78 is 35.9. The first-order valence-electron chi connectivity index (χ1n) is 4.71. The molecule has 0 aromatic rings. The third-order valence-electron chi connectivity index (χ3n) is 1.65. The van der Waals surface area contributed by atoms with Crippen molar-refractivity contribution in [2.75, 3.05) is 26.7 Å². The van der Waals surface area contributed by atoms with Gasteiger partial charge in [0.2, 0.25) is 5.91 Å². The summed E-state index contributed by atoms with van der Waals surface area (Å²) in [6.07, 6.45) is -2.89. The number of rotatable bonds is 5. The smallest absolute Gasteiger partial charge is 0.370 e. The van der Waals surface area contributed by atoms with Gasteiger partial charge in [0.05, 0.1) is 0 Å². The van der Waals surface area contributed by atoms with E-state index >= 15 is 0 Å². The third-order valence-corrected chi connectivity index (χ3v) is 1.65. The van der Waals surface area contributed by atoms with E-state index in [0.717, 1.165) is 7.05 Å². The highest BCUT2D eigenvalue weighted by Crippen LogP contribution is 2.15. The quantitative estimate of drug-likeness (QED) is 0.320. The number of hydrogen-bond acceptors (Lipinski definition) is 2. The van der Waals surface area contributed by atoms with Gasteiger partial charge in [-0.3, -0.25) is 4.79 Å². The average Bonchev–Trinajstić information content (AvgIpc) is 2.20. The van der Waals surface area contributed by atoms with Crippen molar-refractivity contribution in [3.05, 3.63) is 12.7 Å². The number of amides is 1. The van der Waals surface area contributed by atoms with Crippen LogP contribution in [0.5, 0.6) is 0 Å². The fraction of sp³-hybridized carbons (Fsp3) is 0.556. The van der Waals surface area contributed by atoms with Crippen LogP contribution in [0, 0.1) is 0 Å². The summed E-state index contributed by atoms with van der Waals surface area (Å²) in [6, 6.07) is 0. The van der Waals surface area contributed by atoms with E-state index in [1.165, 1.54) is 6.08 Å². The van der Waals surface area contributed by atoms with Gasteiger partial charge in [0, 0.05) is 13.6 Å². The molecule has 106 valence electrons. The van der Waals surface area contributed by atoms with E-state index in [4.69, 9.17) is 5.73 Å². The summed E-state index contributed by atoms with van der Waals surface area (Å²) in [5.74, 6) is -0.774. The van der Waals surface area contributed by atoms with E-state index in [9.17, 15) is 18.0 Å². The molecular weight excluding hydrogens is 364 g/mol. The molecule has 18 heavy (non-hydrogen) atoms. The summed E-state index contributed by atoms with van der Waals surface area (Å²) in [4.78, 5) is 15.3. The monoisotopic (exact) mass is 380 g/mol. The van der Waals surface area contributed by atoms with Gasteiger partial charge in [-0.1, -0.05) is 6.08 Å². The van der Waals surface area contributed by atoms with Gasteiger partial charge in [-0.25, -0.2) is 4.99 Å². The molecule has 0 atom stereocenters. The van der Waals surface area contributed by atoms with Crippen LogP contribution in [0.15, 0.2) is 17.6 Å².